The van der Waals surface area contributed by atoms with Crippen LogP contribution in [0.15, 0.2) is 0 Å². The monoisotopic (exact) mass is 732 g/mol. The SMILES string of the molecule is BC(C)(CC)SC1CC(=O)N(CCC(=O)NCCOCCOCCC(=O)NCCNC(=O)CCCC(=O)OCC(OC)OC(CC)CO)C1=O. The smallest absolute Gasteiger partial charge is 0.305 e. The van der Waals surface area contributed by atoms with Gasteiger partial charge in [0.25, 0.3) is 0 Å². The molecule has 1 aliphatic rings. The minimum Gasteiger partial charge on any atom is -0.460 e. The van der Waals surface area contributed by atoms with Gasteiger partial charge in [0, 0.05) is 65.4 Å². The zero-order chi connectivity index (χ0) is 37.4. The third-order valence-electron chi connectivity index (χ3n) is 7.69. The van der Waals surface area contributed by atoms with E-state index in [2.05, 4.69) is 16.0 Å². The number of aliphatic hydroxyl groups is 1. The minimum absolute atomic E-state index is 0.0303. The Hall–Kier alpha value is -2.77. The third kappa shape index (κ3) is 20.2. The number of likely N-dealkylation sites (tertiary alicyclic amines) is 1. The molecular weight excluding hydrogens is 675 g/mol. The van der Waals surface area contributed by atoms with Crippen LogP contribution in [0.5, 0.6) is 0 Å². The lowest BCUT2D eigenvalue weighted by Crippen LogP contribution is -2.37. The first-order valence-corrected chi connectivity index (χ1v) is 18.2. The maximum Gasteiger partial charge on any atom is 0.305 e. The van der Waals surface area contributed by atoms with E-state index in [0.29, 0.717) is 12.8 Å². The number of rotatable bonds is 29. The highest BCUT2D eigenvalue weighted by molar-refractivity contribution is 8.03. The van der Waals surface area contributed by atoms with Gasteiger partial charge in [-0.15, -0.1) is 0 Å². The van der Waals surface area contributed by atoms with Crippen molar-refractivity contribution in [2.24, 2.45) is 0 Å². The summed E-state index contributed by atoms with van der Waals surface area (Å²) in [6.45, 7) is 7.45. The standard InChI is InChI=1S/C32H57BN4O12S/c1-5-23(21-38)49-30(45-4)22-48-29(43)9-7-8-25(39)34-12-13-35-27(41)11-16-46-18-19-47-17-14-36-26(40)10-15-37-28(42)20-24(31(37)44)50-32(3,33)6-2/h23-24,30,38H,5-22,33H2,1-4H3,(H,34,39)(H,35,41)(H,36,40). The van der Waals surface area contributed by atoms with Crippen molar-refractivity contribution in [2.45, 2.75) is 94.4 Å². The molecule has 50 heavy (non-hydrogen) atoms. The van der Waals surface area contributed by atoms with Crippen molar-refractivity contribution in [3.05, 3.63) is 0 Å². The lowest BCUT2D eigenvalue weighted by Gasteiger charge is -2.25. The maximum atomic E-state index is 12.6. The number of carbonyl (C=O) groups excluding carboxylic acids is 6. The van der Waals surface area contributed by atoms with Crippen LogP contribution in [0.3, 0.4) is 0 Å². The molecule has 286 valence electrons. The van der Waals surface area contributed by atoms with Crippen LogP contribution in [0.25, 0.3) is 0 Å². The molecule has 1 saturated heterocycles. The summed E-state index contributed by atoms with van der Waals surface area (Å²) in [7, 11) is 3.46. The Kier molecular flexibility index (Phi) is 23.6. The molecule has 0 bridgehead atoms. The van der Waals surface area contributed by atoms with Gasteiger partial charge in [-0.1, -0.05) is 20.8 Å². The van der Waals surface area contributed by atoms with E-state index >= 15 is 0 Å². The molecule has 4 atom stereocenters. The lowest BCUT2D eigenvalue weighted by molar-refractivity contribution is -0.194. The van der Waals surface area contributed by atoms with Gasteiger partial charge in [-0.2, -0.15) is 11.8 Å². The topological polar surface area (TPSA) is 208 Å². The molecule has 0 radical (unpaired) electrons. The van der Waals surface area contributed by atoms with Crippen LogP contribution in [0.2, 0.25) is 0 Å². The third-order valence-corrected chi connectivity index (χ3v) is 9.27. The van der Waals surface area contributed by atoms with Gasteiger partial charge in [0.05, 0.1) is 44.4 Å². The van der Waals surface area contributed by atoms with E-state index in [4.69, 9.17) is 23.7 Å². The zero-order valence-corrected chi connectivity index (χ0v) is 31.1. The molecule has 0 aromatic heterocycles. The lowest BCUT2D eigenvalue weighted by atomic mass is 9.86. The molecule has 0 saturated carbocycles. The highest BCUT2D eigenvalue weighted by atomic mass is 32.2. The molecule has 1 heterocycles. The van der Waals surface area contributed by atoms with Gasteiger partial charge in [-0.05, 0) is 23.9 Å². The zero-order valence-electron chi connectivity index (χ0n) is 30.3. The van der Waals surface area contributed by atoms with E-state index in [1.165, 1.54) is 23.8 Å². The second-order valence-electron chi connectivity index (χ2n) is 12.1. The fraction of sp³-hybridized carbons (Fsp3) is 0.812. The fourth-order valence-corrected chi connectivity index (χ4v) is 5.74. The minimum atomic E-state index is -0.785. The van der Waals surface area contributed by atoms with E-state index in [1.54, 1.807) is 0 Å². The summed E-state index contributed by atoms with van der Waals surface area (Å²) in [6, 6.07) is 0. The molecule has 5 amide bonds. The van der Waals surface area contributed by atoms with Gasteiger partial charge in [0.15, 0.2) is 6.29 Å². The molecule has 0 aliphatic carbocycles. The van der Waals surface area contributed by atoms with Gasteiger partial charge in [0.2, 0.25) is 29.5 Å². The van der Waals surface area contributed by atoms with Crippen molar-refractivity contribution in [3.63, 3.8) is 0 Å². The van der Waals surface area contributed by atoms with Crippen molar-refractivity contribution < 1.29 is 57.6 Å². The number of carbonyl (C=O) groups is 6. The van der Waals surface area contributed by atoms with Crippen LogP contribution >= 0.6 is 11.8 Å². The van der Waals surface area contributed by atoms with E-state index in [9.17, 15) is 33.9 Å². The van der Waals surface area contributed by atoms with Gasteiger partial charge >= 0.3 is 5.97 Å². The van der Waals surface area contributed by atoms with Crippen LogP contribution in [-0.4, -0.2) is 149 Å². The average molecular weight is 733 g/mol. The summed E-state index contributed by atoms with van der Waals surface area (Å²) >= 11 is 1.51. The van der Waals surface area contributed by atoms with Crippen LogP contribution in [0.4, 0.5) is 0 Å². The van der Waals surface area contributed by atoms with Crippen molar-refractivity contribution in [3.8, 4) is 0 Å². The summed E-state index contributed by atoms with van der Waals surface area (Å²) in [5.74, 6) is -1.72. The number of thioether (sulfide) groups is 1. The summed E-state index contributed by atoms with van der Waals surface area (Å²) in [6.07, 6.45) is 1.06. The Morgan fingerprint density at radius 1 is 0.940 bits per heavy atom. The van der Waals surface area contributed by atoms with Crippen molar-refractivity contribution in [1.29, 1.82) is 0 Å². The molecule has 16 nitrogen and oxygen atoms in total. The van der Waals surface area contributed by atoms with Gasteiger partial charge in [0.1, 0.15) is 14.5 Å². The summed E-state index contributed by atoms with van der Waals surface area (Å²) in [4.78, 5) is 74.1. The van der Waals surface area contributed by atoms with E-state index in [0.717, 1.165) is 6.42 Å². The number of hydrogen-bond donors (Lipinski definition) is 4. The molecule has 1 fully saturated rings. The van der Waals surface area contributed by atoms with Crippen LogP contribution in [-0.2, 0) is 52.5 Å². The van der Waals surface area contributed by atoms with Crippen LogP contribution < -0.4 is 16.0 Å². The van der Waals surface area contributed by atoms with Crippen LogP contribution in [0, 0.1) is 0 Å². The quantitative estimate of drug-likeness (QED) is 0.0246. The number of aliphatic hydroxyl groups excluding tert-OH is 1. The molecule has 4 N–H and O–H groups in total. The van der Waals surface area contributed by atoms with Crippen molar-refractivity contribution in [1.82, 2.24) is 20.9 Å². The van der Waals surface area contributed by atoms with Crippen molar-refractivity contribution >= 4 is 55.1 Å². The van der Waals surface area contributed by atoms with Gasteiger partial charge < -0.3 is 44.7 Å². The second kappa shape index (κ2) is 26.1. The number of esters is 1. The number of nitrogens with one attached hydrogen (secondary N) is 3. The molecule has 18 heteroatoms. The summed E-state index contributed by atoms with van der Waals surface area (Å²) in [5.41, 5.74) is 0. The molecule has 0 aromatic rings. The van der Waals surface area contributed by atoms with Crippen LogP contribution in [0.1, 0.15) is 72.1 Å². The molecule has 4 unspecified atom stereocenters. The normalized spacial score (nSPS) is 16.8. The second-order valence-corrected chi connectivity index (χ2v) is 14.0. The molecule has 1 aliphatic heterocycles. The largest absolute Gasteiger partial charge is 0.460 e. The molecule has 0 aromatic carbocycles. The average Bonchev–Trinajstić information content (AvgIpc) is 3.35. The Labute approximate surface area is 300 Å². The number of ether oxygens (including phenoxy) is 5. The van der Waals surface area contributed by atoms with E-state index < -0.39 is 23.6 Å². The molecule has 0 spiro atoms. The van der Waals surface area contributed by atoms with E-state index in [-0.39, 0.29) is 132 Å². The first kappa shape index (κ1) is 45.3. The van der Waals surface area contributed by atoms with E-state index in [1.807, 2.05) is 28.6 Å². The van der Waals surface area contributed by atoms with Gasteiger partial charge in [-0.3, -0.25) is 33.7 Å². The number of amides is 5. The number of imide groups is 1. The Morgan fingerprint density at radius 3 is 2.18 bits per heavy atom. The Balaban J connectivity index is 1.99. The summed E-state index contributed by atoms with van der Waals surface area (Å²) < 4.78 is 26.4. The Bertz CT molecular complexity index is 1070. The highest BCUT2D eigenvalue weighted by Gasteiger charge is 2.41. The predicted molar refractivity (Wildman–Crippen MR) is 188 cm³/mol. The first-order chi connectivity index (χ1) is 23.8. The molecule has 1 rings (SSSR count). The first-order valence-electron chi connectivity index (χ1n) is 17.3. The fourth-order valence-electron chi connectivity index (χ4n) is 4.35. The van der Waals surface area contributed by atoms with Gasteiger partial charge in [-0.25, -0.2) is 0 Å². The Morgan fingerprint density at radius 2 is 1.56 bits per heavy atom. The van der Waals surface area contributed by atoms with Crippen molar-refractivity contribution in [2.75, 3.05) is 72.9 Å². The highest BCUT2D eigenvalue weighted by Crippen LogP contribution is 2.35. The number of hydrogen-bond acceptors (Lipinski definition) is 13. The summed E-state index contributed by atoms with van der Waals surface area (Å²) in [5, 5.41) is 16.9. The number of nitrogens with zero attached hydrogens (tertiary/aromatic N) is 1. The maximum absolute atomic E-state index is 12.6. The predicted octanol–water partition coefficient (Wildman–Crippen LogP) is -0.758. The number of methoxy groups -OCH3 is 1. The molecular formula is C32H57BN4O12S.